The van der Waals surface area contributed by atoms with Gasteiger partial charge in [0.25, 0.3) is 0 Å². The molecule has 0 saturated heterocycles. The van der Waals surface area contributed by atoms with Crippen LogP contribution in [0.15, 0.2) is 12.4 Å². The van der Waals surface area contributed by atoms with Crippen LogP contribution < -0.4 is 0 Å². The van der Waals surface area contributed by atoms with Gasteiger partial charge in [0, 0.05) is 19.2 Å². The minimum atomic E-state index is -0.153. The van der Waals surface area contributed by atoms with Crippen LogP contribution in [0.25, 0.3) is 0 Å². The Morgan fingerprint density at radius 1 is 1.20 bits per heavy atom. The molecule has 4 aliphatic rings. The average molecular weight is 274 g/mol. The largest absolute Gasteiger partial charge is 0.392 e. The van der Waals surface area contributed by atoms with E-state index in [0.717, 1.165) is 36.6 Å². The molecule has 3 heteroatoms. The molecular formula is C17H26N2O. The summed E-state index contributed by atoms with van der Waals surface area (Å²) in [6.45, 7) is 3.01. The smallest absolute Gasteiger partial charge is 0.0615 e. The van der Waals surface area contributed by atoms with Gasteiger partial charge < -0.3 is 5.11 Å². The number of aryl methyl sites for hydroxylation is 1. The molecule has 0 aliphatic heterocycles. The van der Waals surface area contributed by atoms with Gasteiger partial charge in [0.1, 0.15) is 0 Å². The van der Waals surface area contributed by atoms with Crippen LogP contribution in [0.3, 0.4) is 0 Å². The van der Waals surface area contributed by atoms with Crippen molar-refractivity contribution in [1.82, 2.24) is 9.78 Å². The zero-order chi connectivity index (χ0) is 13.7. The van der Waals surface area contributed by atoms with E-state index in [1.54, 1.807) is 0 Å². The lowest BCUT2D eigenvalue weighted by Gasteiger charge is -2.55. The Bertz CT molecular complexity index is 453. The molecule has 4 fully saturated rings. The highest BCUT2D eigenvalue weighted by Gasteiger charge is 2.50. The SMILES string of the molecule is CCn1cc(CC(O)C2C3CC4CC(C3)CC2C4)cn1. The number of nitrogens with zero attached hydrogens (tertiary/aromatic N) is 2. The normalized spacial score (nSPS) is 40.2. The molecule has 0 spiro atoms. The molecule has 1 aromatic heterocycles. The molecule has 1 unspecified atom stereocenters. The van der Waals surface area contributed by atoms with E-state index in [9.17, 15) is 5.11 Å². The average Bonchev–Trinajstić information content (AvgIpc) is 2.85. The summed E-state index contributed by atoms with van der Waals surface area (Å²) in [6.07, 6.45) is 11.7. The fourth-order valence-corrected chi connectivity index (χ4v) is 5.66. The summed E-state index contributed by atoms with van der Waals surface area (Å²) in [6, 6.07) is 0. The number of rotatable bonds is 4. The number of aliphatic hydroxyl groups excluding tert-OH is 1. The van der Waals surface area contributed by atoms with Crippen molar-refractivity contribution in [3.8, 4) is 0 Å². The Balaban J connectivity index is 1.47. The van der Waals surface area contributed by atoms with Crippen molar-refractivity contribution in [2.45, 2.75) is 58.1 Å². The molecule has 1 aromatic rings. The van der Waals surface area contributed by atoms with Crippen molar-refractivity contribution >= 4 is 0 Å². The van der Waals surface area contributed by atoms with Crippen molar-refractivity contribution in [2.24, 2.45) is 29.6 Å². The molecule has 5 rings (SSSR count). The molecule has 0 aromatic carbocycles. The lowest BCUT2D eigenvalue weighted by molar-refractivity contribution is -0.0887. The summed E-state index contributed by atoms with van der Waals surface area (Å²) in [5, 5.41) is 15.1. The second-order valence-electron chi connectivity index (χ2n) is 7.48. The summed E-state index contributed by atoms with van der Waals surface area (Å²) >= 11 is 0. The number of hydrogen-bond donors (Lipinski definition) is 1. The predicted molar refractivity (Wildman–Crippen MR) is 78.1 cm³/mol. The first-order valence-electron chi connectivity index (χ1n) is 8.42. The number of aliphatic hydroxyl groups is 1. The van der Waals surface area contributed by atoms with Crippen LogP contribution in [0.5, 0.6) is 0 Å². The third-order valence-electron chi connectivity index (χ3n) is 6.20. The van der Waals surface area contributed by atoms with E-state index in [2.05, 4.69) is 18.2 Å². The van der Waals surface area contributed by atoms with Crippen LogP contribution in [0.1, 0.15) is 44.6 Å². The van der Waals surface area contributed by atoms with E-state index >= 15 is 0 Å². The van der Waals surface area contributed by atoms with E-state index in [1.807, 2.05) is 10.9 Å². The molecule has 4 aliphatic carbocycles. The second kappa shape index (κ2) is 4.87. The summed E-state index contributed by atoms with van der Waals surface area (Å²) in [5.41, 5.74) is 1.20. The first-order chi connectivity index (χ1) is 9.72. The van der Waals surface area contributed by atoms with Crippen LogP contribution in [0, 0.1) is 29.6 Å². The van der Waals surface area contributed by atoms with Crippen LogP contribution in [-0.2, 0) is 13.0 Å². The molecule has 1 atom stereocenters. The van der Waals surface area contributed by atoms with Crippen LogP contribution in [0.4, 0.5) is 0 Å². The quantitative estimate of drug-likeness (QED) is 0.917. The maximum absolute atomic E-state index is 10.8. The summed E-state index contributed by atoms with van der Waals surface area (Å²) in [5.74, 6) is 4.16. The minimum absolute atomic E-state index is 0.153. The Morgan fingerprint density at radius 2 is 1.85 bits per heavy atom. The van der Waals surface area contributed by atoms with Gasteiger partial charge in [-0.2, -0.15) is 5.10 Å². The van der Waals surface area contributed by atoms with Gasteiger partial charge in [0.15, 0.2) is 0 Å². The molecular weight excluding hydrogens is 248 g/mol. The molecule has 4 bridgehead atoms. The van der Waals surface area contributed by atoms with Gasteiger partial charge in [-0.1, -0.05) is 0 Å². The monoisotopic (exact) mass is 274 g/mol. The lowest BCUT2D eigenvalue weighted by atomic mass is 9.50. The Labute approximate surface area is 121 Å². The zero-order valence-electron chi connectivity index (χ0n) is 12.4. The standard InChI is InChI=1S/C17H26N2O/c1-2-19-10-13(9-18-19)8-16(20)17-14-4-11-3-12(6-14)7-15(17)5-11/h9-12,14-17,20H,2-8H2,1H3. The van der Waals surface area contributed by atoms with Crippen molar-refractivity contribution in [3.05, 3.63) is 18.0 Å². The summed E-state index contributed by atoms with van der Waals surface area (Å²) in [7, 11) is 0. The second-order valence-corrected chi connectivity index (χ2v) is 7.48. The fourth-order valence-electron chi connectivity index (χ4n) is 5.66. The van der Waals surface area contributed by atoms with E-state index in [4.69, 9.17) is 0 Å². The van der Waals surface area contributed by atoms with Gasteiger partial charge in [0.2, 0.25) is 0 Å². The Kier molecular flexibility index (Phi) is 3.13. The molecule has 0 radical (unpaired) electrons. The number of aromatic nitrogens is 2. The van der Waals surface area contributed by atoms with Gasteiger partial charge in [-0.3, -0.25) is 4.68 Å². The molecule has 1 N–H and O–H groups in total. The van der Waals surface area contributed by atoms with Crippen molar-refractivity contribution in [1.29, 1.82) is 0 Å². The highest BCUT2D eigenvalue weighted by Crippen LogP contribution is 2.57. The van der Waals surface area contributed by atoms with Crippen molar-refractivity contribution in [2.75, 3.05) is 0 Å². The lowest BCUT2D eigenvalue weighted by Crippen LogP contribution is -2.49. The van der Waals surface area contributed by atoms with E-state index < -0.39 is 0 Å². The highest BCUT2D eigenvalue weighted by atomic mass is 16.3. The fraction of sp³-hybridized carbons (Fsp3) is 0.824. The van der Waals surface area contributed by atoms with Gasteiger partial charge in [-0.15, -0.1) is 0 Å². The summed E-state index contributed by atoms with van der Waals surface area (Å²) in [4.78, 5) is 0. The molecule has 0 amide bonds. The van der Waals surface area contributed by atoms with Crippen LogP contribution in [-0.4, -0.2) is 21.0 Å². The van der Waals surface area contributed by atoms with Crippen molar-refractivity contribution in [3.63, 3.8) is 0 Å². The highest BCUT2D eigenvalue weighted by molar-refractivity contribution is 5.08. The molecule has 110 valence electrons. The van der Waals surface area contributed by atoms with Gasteiger partial charge >= 0.3 is 0 Å². The van der Waals surface area contributed by atoms with Gasteiger partial charge in [0.05, 0.1) is 12.3 Å². The third kappa shape index (κ3) is 2.11. The molecule has 20 heavy (non-hydrogen) atoms. The molecule has 3 nitrogen and oxygen atoms in total. The van der Waals surface area contributed by atoms with E-state index in [-0.39, 0.29) is 6.10 Å². The van der Waals surface area contributed by atoms with E-state index in [0.29, 0.717) is 5.92 Å². The molecule has 4 saturated carbocycles. The van der Waals surface area contributed by atoms with Gasteiger partial charge in [-0.25, -0.2) is 0 Å². The third-order valence-corrected chi connectivity index (χ3v) is 6.20. The maximum Gasteiger partial charge on any atom is 0.0615 e. The van der Waals surface area contributed by atoms with Crippen LogP contribution >= 0.6 is 0 Å². The first kappa shape index (κ1) is 12.9. The Morgan fingerprint density at radius 3 is 2.40 bits per heavy atom. The topological polar surface area (TPSA) is 38.0 Å². The number of hydrogen-bond acceptors (Lipinski definition) is 2. The first-order valence-corrected chi connectivity index (χ1v) is 8.42. The van der Waals surface area contributed by atoms with E-state index in [1.165, 1.54) is 37.7 Å². The van der Waals surface area contributed by atoms with Gasteiger partial charge in [-0.05, 0) is 74.2 Å². The minimum Gasteiger partial charge on any atom is -0.392 e. The predicted octanol–water partition coefficient (Wildman–Crippen LogP) is 2.88. The molecule has 1 heterocycles. The Hall–Kier alpha value is -0.830. The summed E-state index contributed by atoms with van der Waals surface area (Å²) < 4.78 is 1.96. The van der Waals surface area contributed by atoms with Crippen molar-refractivity contribution < 1.29 is 5.11 Å². The van der Waals surface area contributed by atoms with Crippen LogP contribution in [0.2, 0.25) is 0 Å². The zero-order valence-corrected chi connectivity index (χ0v) is 12.4. The maximum atomic E-state index is 10.8.